The molecule has 9 heteroatoms. The number of hydrogen-bond donors (Lipinski definition) is 4. The number of aliphatic hydroxyl groups excluding tert-OH is 2. The van der Waals surface area contributed by atoms with Crippen molar-refractivity contribution in [1.82, 2.24) is 10.6 Å². The molecule has 0 bridgehead atoms. The van der Waals surface area contributed by atoms with Gasteiger partial charge in [-0.2, -0.15) is 0 Å². The van der Waals surface area contributed by atoms with Crippen LogP contribution in [0.3, 0.4) is 0 Å². The molecular weight excluding hydrogens is 488 g/mol. The lowest BCUT2D eigenvalue weighted by molar-refractivity contribution is -0.0293. The zero-order valence-electron chi connectivity index (χ0n) is 23.4. The number of benzene rings is 2. The van der Waals surface area contributed by atoms with Crippen LogP contribution in [0, 0.1) is 0 Å². The van der Waals surface area contributed by atoms with Crippen LogP contribution >= 0.6 is 0 Å². The fourth-order valence-corrected chi connectivity index (χ4v) is 3.79. The van der Waals surface area contributed by atoms with Crippen molar-refractivity contribution in [1.29, 1.82) is 0 Å². The zero-order chi connectivity index (χ0) is 28.5. The highest BCUT2D eigenvalue weighted by Crippen LogP contribution is 2.18. The first-order valence-corrected chi connectivity index (χ1v) is 12.7. The molecule has 0 unspecified atom stereocenters. The SMILES string of the molecule is COc1ccc(C[C@H](NC(=O)OC(C)(C)C)[C@@H](O)[C@H](O)[C@H](Cc2ccccc2)NC(=O)OC(C)(C)C)cc1. The average molecular weight is 531 g/mol. The predicted molar refractivity (Wildman–Crippen MR) is 145 cm³/mol. The highest BCUT2D eigenvalue weighted by molar-refractivity contribution is 5.69. The topological polar surface area (TPSA) is 126 Å². The van der Waals surface area contributed by atoms with Gasteiger partial charge in [-0.3, -0.25) is 0 Å². The molecule has 2 aromatic rings. The minimum absolute atomic E-state index is 0.186. The lowest BCUT2D eigenvalue weighted by Gasteiger charge is -2.34. The Hall–Kier alpha value is -3.30. The number of hydrogen-bond acceptors (Lipinski definition) is 7. The standard InChI is InChI=1S/C29H42N2O7/c1-28(2,3)37-26(34)30-22(17-19-11-9-8-10-12-19)24(32)25(33)23(31-27(35)38-29(4,5)6)18-20-13-15-21(36-7)16-14-20/h8-16,22-25,32-33H,17-18H2,1-7H3,(H,30,34)(H,31,35)/t22-,23-,24+,25+/m0/s1. The number of nitrogens with one attached hydrogen (secondary N) is 2. The van der Waals surface area contributed by atoms with Crippen molar-refractivity contribution in [3.05, 3.63) is 65.7 Å². The van der Waals surface area contributed by atoms with Gasteiger partial charge in [-0.25, -0.2) is 9.59 Å². The van der Waals surface area contributed by atoms with Gasteiger partial charge in [0.25, 0.3) is 0 Å². The molecule has 0 aliphatic rings. The molecule has 38 heavy (non-hydrogen) atoms. The molecule has 2 rings (SSSR count). The maximum Gasteiger partial charge on any atom is 0.407 e. The third-order valence-corrected chi connectivity index (χ3v) is 5.49. The normalized spacial score (nSPS) is 15.0. The summed E-state index contributed by atoms with van der Waals surface area (Å²) >= 11 is 0. The highest BCUT2D eigenvalue weighted by atomic mass is 16.6. The van der Waals surface area contributed by atoms with Gasteiger partial charge in [0.05, 0.1) is 19.2 Å². The summed E-state index contributed by atoms with van der Waals surface area (Å²) in [5, 5.41) is 28.1. The van der Waals surface area contributed by atoms with Crippen LogP contribution in [0.4, 0.5) is 9.59 Å². The van der Waals surface area contributed by atoms with Gasteiger partial charge in [0.2, 0.25) is 0 Å². The maximum atomic E-state index is 12.6. The second kappa shape index (κ2) is 13.5. The summed E-state index contributed by atoms with van der Waals surface area (Å²) in [6.45, 7) is 10.4. The Kier molecular flexibility index (Phi) is 11.0. The van der Waals surface area contributed by atoms with Crippen molar-refractivity contribution in [2.75, 3.05) is 7.11 Å². The first-order chi connectivity index (χ1) is 17.7. The molecule has 0 saturated carbocycles. The van der Waals surface area contributed by atoms with Gasteiger partial charge < -0.3 is 35.1 Å². The molecule has 0 fully saturated rings. The molecule has 2 aromatic carbocycles. The predicted octanol–water partition coefficient (Wildman–Crippen LogP) is 3.99. The Morgan fingerprint density at radius 1 is 0.711 bits per heavy atom. The molecule has 9 nitrogen and oxygen atoms in total. The van der Waals surface area contributed by atoms with Crippen LogP contribution in [0.5, 0.6) is 5.75 Å². The van der Waals surface area contributed by atoms with Crippen LogP contribution in [0.2, 0.25) is 0 Å². The van der Waals surface area contributed by atoms with Gasteiger partial charge in [0, 0.05) is 0 Å². The summed E-state index contributed by atoms with van der Waals surface area (Å²) in [6.07, 6.45) is -3.97. The fourth-order valence-electron chi connectivity index (χ4n) is 3.79. The van der Waals surface area contributed by atoms with Crippen LogP contribution in [-0.2, 0) is 22.3 Å². The number of amides is 2. The van der Waals surface area contributed by atoms with Crippen molar-refractivity contribution in [3.63, 3.8) is 0 Å². The smallest absolute Gasteiger partial charge is 0.407 e. The van der Waals surface area contributed by atoms with E-state index >= 15 is 0 Å². The second-order valence-electron chi connectivity index (χ2n) is 11.2. The number of ether oxygens (including phenoxy) is 3. The Balaban J connectivity index is 2.32. The molecule has 4 N–H and O–H groups in total. The quantitative estimate of drug-likeness (QED) is 0.366. The van der Waals surface area contributed by atoms with Crippen LogP contribution < -0.4 is 15.4 Å². The molecule has 4 atom stereocenters. The lowest BCUT2D eigenvalue weighted by atomic mass is 9.91. The van der Waals surface area contributed by atoms with Gasteiger partial charge in [-0.15, -0.1) is 0 Å². The van der Waals surface area contributed by atoms with Crippen LogP contribution in [0.15, 0.2) is 54.6 Å². The summed E-state index contributed by atoms with van der Waals surface area (Å²) in [4.78, 5) is 25.3. The van der Waals surface area contributed by atoms with Gasteiger partial charge in [-0.1, -0.05) is 42.5 Å². The first-order valence-electron chi connectivity index (χ1n) is 12.7. The Labute approximate surface area is 225 Å². The van der Waals surface area contributed by atoms with Crippen molar-refractivity contribution >= 4 is 12.2 Å². The Bertz CT molecular complexity index is 1010. The van der Waals surface area contributed by atoms with E-state index in [4.69, 9.17) is 14.2 Å². The minimum Gasteiger partial charge on any atom is -0.497 e. The molecule has 0 heterocycles. The van der Waals surface area contributed by atoms with E-state index in [1.165, 1.54) is 0 Å². The molecule has 0 aliphatic carbocycles. The highest BCUT2D eigenvalue weighted by Gasteiger charge is 2.36. The molecule has 0 saturated heterocycles. The summed E-state index contributed by atoms with van der Waals surface area (Å²) in [7, 11) is 1.56. The van der Waals surface area contributed by atoms with E-state index in [1.54, 1.807) is 60.8 Å². The van der Waals surface area contributed by atoms with Crippen LogP contribution in [0.25, 0.3) is 0 Å². The number of rotatable bonds is 10. The Morgan fingerprint density at radius 2 is 1.11 bits per heavy atom. The molecule has 2 amide bonds. The molecule has 0 spiro atoms. The van der Waals surface area contributed by atoms with E-state index in [-0.39, 0.29) is 12.8 Å². The third-order valence-electron chi connectivity index (χ3n) is 5.49. The van der Waals surface area contributed by atoms with Crippen LogP contribution in [0.1, 0.15) is 52.7 Å². The second-order valence-corrected chi connectivity index (χ2v) is 11.2. The number of aliphatic hydroxyl groups is 2. The number of carbonyl (C=O) groups is 2. The summed E-state index contributed by atoms with van der Waals surface area (Å²) in [6, 6.07) is 14.6. The van der Waals surface area contributed by atoms with Gasteiger partial charge in [-0.05, 0) is 77.6 Å². The van der Waals surface area contributed by atoms with E-state index in [0.29, 0.717) is 5.75 Å². The molecule has 0 aromatic heterocycles. The largest absolute Gasteiger partial charge is 0.497 e. The van der Waals surface area contributed by atoms with E-state index < -0.39 is 47.7 Å². The summed E-state index contributed by atoms with van der Waals surface area (Å²) in [5.74, 6) is 0.662. The molecular formula is C29H42N2O7. The van der Waals surface area contributed by atoms with Gasteiger partial charge in [0.1, 0.15) is 29.2 Å². The van der Waals surface area contributed by atoms with Gasteiger partial charge >= 0.3 is 12.2 Å². The van der Waals surface area contributed by atoms with Crippen molar-refractivity contribution in [2.45, 2.75) is 89.9 Å². The molecule has 210 valence electrons. The summed E-state index contributed by atoms with van der Waals surface area (Å²) in [5.41, 5.74) is 0.122. The number of alkyl carbamates (subject to hydrolysis) is 2. The monoisotopic (exact) mass is 530 g/mol. The van der Waals surface area contributed by atoms with Crippen molar-refractivity contribution in [2.24, 2.45) is 0 Å². The number of methoxy groups -OCH3 is 1. The number of carbonyl (C=O) groups excluding carboxylic acids is 2. The van der Waals surface area contributed by atoms with Crippen LogP contribution in [-0.4, -0.2) is 65.0 Å². The average Bonchev–Trinajstić information content (AvgIpc) is 2.81. The van der Waals surface area contributed by atoms with E-state index in [2.05, 4.69) is 10.6 Å². The van der Waals surface area contributed by atoms with Gasteiger partial charge in [0.15, 0.2) is 0 Å². The summed E-state index contributed by atoms with van der Waals surface area (Å²) < 4.78 is 16.0. The first kappa shape index (κ1) is 30.9. The Morgan fingerprint density at radius 3 is 1.47 bits per heavy atom. The van der Waals surface area contributed by atoms with E-state index in [0.717, 1.165) is 11.1 Å². The van der Waals surface area contributed by atoms with E-state index in [1.807, 2.05) is 42.5 Å². The molecule has 0 radical (unpaired) electrons. The maximum absolute atomic E-state index is 12.6. The van der Waals surface area contributed by atoms with Crippen molar-refractivity contribution in [3.8, 4) is 5.75 Å². The minimum atomic E-state index is -1.46. The van der Waals surface area contributed by atoms with Crippen molar-refractivity contribution < 1.29 is 34.0 Å². The fraction of sp³-hybridized carbons (Fsp3) is 0.517. The third kappa shape index (κ3) is 11.0. The van der Waals surface area contributed by atoms with E-state index in [9.17, 15) is 19.8 Å². The lowest BCUT2D eigenvalue weighted by Crippen LogP contribution is -2.58. The zero-order valence-corrected chi connectivity index (χ0v) is 23.4. The molecule has 0 aliphatic heterocycles.